The molecule has 2 aromatic rings. The Labute approximate surface area is 115 Å². The summed E-state index contributed by atoms with van der Waals surface area (Å²) in [6.07, 6.45) is 0. The van der Waals surface area contributed by atoms with Crippen LogP contribution in [-0.2, 0) is 11.3 Å². The lowest BCUT2D eigenvalue weighted by molar-refractivity contribution is 0.0473. The lowest BCUT2D eigenvalue weighted by Gasteiger charge is -2.07. The van der Waals surface area contributed by atoms with Gasteiger partial charge in [0.2, 0.25) is 0 Å². The van der Waals surface area contributed by atoms with Gasteiger partial charge in [-0.2, -0.15) is 0 Å². The summed E-state index contributed by atoms with van der Waals surface area (Å²) in [5.74, 6) is -0.376. The molecule has 2 rings (SSSR count). The maximum absolute atomic E-state index is 11.8. The topological polar surface area (TPSA) is 72.6 Å². The van der Waals surface area contributed by atoms with Gasteiger partial charge in [-0.3, -0.25) is 0 Å². The summed E-state index contributed by atoms with van der Waals surface area (Å²) >= 11 is 5.90. The number of hydrogen-bond acceptors (Lipinski definition) is 4. The second-order valence-corrected chi connectivity index (χ2v) is 4.39. The van der Waals surface area contributed by atoms with Crippen LogP contribution in [0.4, 0.5) is 5.69 Å². The van der Waals surface area contributed by atoms with Crippen LogP contribution in [0.15, 0.2) is 42.5 Å². The van der Waals surface area contributed by atoms with E-state index in [0.29, 0.717) is 10.7 Å². The van der Waals surface area contributed by atoms with E-state index in [1.807, 2.05) is 0 Å². The normalized spacial score (nSPS) is 10.2. The lowest BCUT2D eigenvalue weighted by atomic mass is 10.2. The fourth-order valence-corrected chi connectivity index (χ4v) is 1.71. The number of anilines is 1. The van der Waals surface area contributed by atoms with Crippen molar-refractivity contribution in [1.82, 2.24) is 0 Å². The summed E-state index contributed by atoms with van der Waals surface area (Å²) in [4.78, 5) is 11.8. The molecule has 0 saturated heterocycles. The molecule has 0 bridgehead atoms. The van der Waals surface area contributed by atoms with Gasteiger partial charge in [-0.15, -0.1) is 0 Å². The Bertz CT molecular complexity index is 596. The van der Waals surface area contributed by atoms with Gasteiger partial charge in [0.25, 0.3) is 0 Å². The van der Waals surface area contributed by atoms with Crippen molar-refractivity contribution in [3.63, 3.8) is 0 Å². The van der Waals surface area contributed by atoms with Crippen LogP contribution in [0.25, 0.3) is 0 Å². The van der Waals surface area contributed by atoms with Gasteiger partial charge in [-0.1, -0.05) is 23.7 Å². The van der Waals surface area contributed by atoms with Crippen LogP contribution < -0.4 is 5.73 Å². The van der Waals surface area contributed by atoms with E-state index in [9.17, 15) is 4.79 Å². The van der Waals surface area contributed by atoms with Crippen molar-refractivity contribution >= 4 is 23.3 Å². The molecular formula is C14H12ClNO3. The predicted molar refractivity (Wildman–Crippen MR) is 73.1 cm³/mol. The number of ether oxygens (including phenoxy) is 1. The van der Waals surface area contributed by atoms with E-state index >= 15 is 0 Å². The zero-order chi connectivity index (χ0) is 13.8. The highest BCUT2D eigenvalue weighted by Gasteiger charge is 2.12. The van der Waals surface area contributed by atoms with Gasteiger partial charge in [0, 0.05) is 5.69 Å². The van der Waals surface area contributed by atoms with E-state index in [0.717, 1.165) is 5.56 Å². The minimum atomic E-state index is -0.537. The molecule has 4 nitrogen and oxygen atoms in total. The maximum Gasteiger partial charge on any atom is 0.340 e. The number of nitrogens with two attached hydrogens (primary N) is 1. The highest BCUT2D eigenvalue weighted by Crippen LogP contribution is 2.20. The molecule has 0 aliphatic rings. The van der Waals surface area contributed by atoms with Gasteiger partial charge in [0.1, 0.15) is 12.4 Å². The monoisotopic (exact) mass is 277 g/mol. The number of hydrogen-bond donors (Lipinski definition) is 2. The largest absolute Gasteiger partial charge is 0.508 e. The van der Waals surface area contributed by atoms with Crippen molar-refractivity contribution in [1.29, 1.82) is 0 Å². The zero-order valence-corrected chi connectivity index (χ0v) is 10.7. The summed E-state index contributed by atoms with van der Waals surface area (Å²) < 4.78 is 5.13. The summed E-state index contributed by atoms with van der Waals surface area (Å²) in [6.45, 7) is 0.101. The van der Waals surface area contributed by atoms with Crippen LogP contribution in [0, 0.1) is 0 Å². The number of phenolic OH excluding ortho intramolecular Hbond substituents is 1. The highest BCUT2D eigenvalue weighted by molar-refractivity contribution is 6.33. The number of halogens is 1. The van der Waals surface area contributed by atoms with Crippen LogP contribution in [0.5, 0.6) is 5.75 Å². The Balaban J connectivity index is 2.05. The molecular weight excluding hydrogens is 266 g/mol. The van der Waals surface area contributed by atoms with E-state index in [1.165, 1.54) is 18.2 Å². The van der Waals surface area contributed by atoms with Gasteiger partial charge >= 0.3 is 5.97 Å². The molecule has 3 N–H and O–H groups in total. The summed E-state index contributed by atoms with van der Waals surface area (Å²) in [6, 6.07) is 11.0. The molecule has 2 aromatic carbocycles. The summed E-state index contributed by atoms with van der Waals surface area (Å²) in [7, 11) is 0. The molecule has 5 heteroatoms. The van der Waals surface area contributed by atoms with Gasteiger partial charge in [0.05, 0.1) is 10.6 Å². The van der Waals surface area contributed by atoms with Gasteiger partial charge < -0.3 is 15.6 Å². The number of esters is 1. The van der Waals surface area contributed by atoms with E-state index in [4.69, 9.17) is 27.2 Å². The molecule has 0 amide bonds. The molecule has 0 saturated carbocycles. The molecule has 0 atom stereocenters. The molecule has 0 fully saturated rings. The van der Waals surface area contributed by atoms with Crippen molar-refractivity contribution in [2.45, 2.75) is 6.61 Å². The standard InChI is InChI=1S/C14H12ClNO3/c15-13-6-3-10(16)7-12(13)14(18)19-8-9-1-4-11(17)5-2-9/h1-7,17H,8,16H2. The highest BCUT2D eigenvalue weighted by atomic mass is 35.5. The Morgan fingerprint density at radius 1 is 1.21 bits per heavy atom. The molecule has 98 valence electrons. The Hall–Kier alpha value is -2.20. The predicted octanol–water partition coefficient (Wildman–Crippen LogP) is 2.98. The van der Waals surface area contributed by atoms with E-state index in [-0.39, 0.29) is 17.9 Å². The number of nitrogen functional groups attached to an aromatic ring is 1. The van der Waals surface area contributed by atoms with Crippen molar-refractivity contribution in [3.8, 4) is 5.75 Å². The maximum atomic E-state index is 11.8. The smallest absolute Gasteiger partial charge is 0.340 e. The minimum Gasteiger partial charge on any atom is -0.508 e. The van der Waals surface area contributed by atoms with Gasteiger partial charge in [-0.25, -0.2) is 4.79 Å². The number of aromatic hydroxyl groups is 1. The van der Waals surface area contributed by atoms with Gasteiger partial charge in [0.15, 0.2) is 0 Å². The minimum absolute atomic E-state index is 0.101. The molecule has 0 aromatic heterocycles. The number of benzene rings is 2. The summed E-state index contributed by atoms with van der Waals surface area (Å²) in [5.41, 5.74) is 7.05. The number of phenols is 1. The SMILES string of the molecule is Nc1ccc(Cl)c(C(=O)OCc2ccc(O)cc2)c1. The van der Waals surface area contributed by atoms with Crippen LogP contribution in [-0.4, -0.2) is 11.1 Å². The van der Waals surface area contributed by atoms with Crippen LogP contribution in [0.3, 0.4) is 0 Å². The average Bonchev–Trinajstić information content (AvgIpc) is 2.40. The first-order valence-corrected chi connectivity index (χ1v) is 5.94. The first-order valence-electron chi connectivity index (χ1n) is 5.56. The zero-order valence-electron chi connectivity index (χ0n) is 9.97. The molecule has 0 aliphatic carbocycles. The molecule has 0 spiro atoms. The van der Waals surface area contributed by atoms with Gasteiger partial charge in [-0.05, 0) is 35.9 Å². The van der Waals surface area contributed by atoms with Crippen LogP contribution >= 0.6 is 11.6 Å². The third-order valence-corrected chi connectivity index (χ3v) is 2.85. The Morgan fingerprint density at radius 3 is 2.58 bits per heavy atom. The average molecular weight is 278 g/mol. The quantitative estimate of drug-likeness (QED) is 0.668. The molecule has 0 aliphatic heterocycles. The van der Waals surface area contributed by atoms with Crippen molar-refractivity contribution in [2.24, 2.45) is 0 Å². The number of carbonyl (C=O) groups is 1. The van der Waals surface area contributed by atoms with Crippen molar-refractivity contribution in [2.75, 3.05) is 5.73 Å². The molecule has 0 radical (unpaired) electrons. The van der Waals surface area contributed by atoms with E-state index < -0.39 is 5.97 Å². The summed E-state index contributed by atoms with van der Waals surface area (Å²) in [5, 5.41) is 9.44. The molecule has 0 heterocycles. The Morgan fingerprint density at radius 2 is 1.89 bits per heavy atom. The van der Waals surface area contributed by atoms with Crippen LogP contribution in [0.1, 0.15) is 15.9 Å². The first kappa shape index (κ1) is 13.2. The third kappa shape index (κ3) is 3.39. The van der Waals surface area contributed by atoms with E-state index in [1.54, 1.807) is 24.3 Å². The van der Waals surface area contributed by atoms with Crippen molar-refractivity contribution < 1.29 is 14.6 Å². The third-order valence-electron chi connectivity index (χ3n) is 2.52. The van der Waals surface area contributed by atoms with Crippen molar-refractivity contribution in [3.05, 3.63) is 58.6 Å². The van der Waals surface area contributed by atoms with Crippen LogP contribution in [0.2, 0.25) is 5.02 Å². The second-order valence-electron chi connectivity index (χ2n) is 3.98. The number of rotatable bonds is 3. The van der Waals surface area contributed by atoms with E-state index in [2.05, 4.69) is 0 Å². The fraction of sp³-hybridized carbons (Fsp3) is 0.0714. The lowest BCUT2D eigenvalue weighted by Crippen LogP contribution is -2.06. The first-order chi connectivity index (χ1) is 9.06. The Kier molecular flexibility index (Phi) is 3.92. The second kappa shape index (κ2) is 5.63. The molecule has 0 unspecified atom stereocenters. The number of carbonyl (C=O) groups excluding carboxylic acids is 1. The fourth-order valence-electron chi connectivity index (χ4n) is 1.52. The molecule has 19 heavy (non-hydrogen) atoms.